The topological polar surface area (TPSA) is 75.9 Å². The molecule has 1 fully saturated rings. The fraction of sp³-hybridized carbons (Fsp3) is 0.304. The first kappa shape index (κ1) is 20.7. The molecule has 0 N–H and O–H groups in total. The molecule has 2 aromatic heterocycles. The fourth-order valence-corrected chi connectivity index (χ4v) is 4.40. The van der Waals surface area contributed by atoms with E-state index >= 15 is 0 Å². The van der Waals surface area contributed by atoms with Gasteiger partial charge in [0.2, 0.25) is 11.9 Å². The average molecular weight is 451 g/mol. The first-order chi connectivity index (χ1) is 15.7. The van der Waals surface area contributed by atoms with Gasteiger partial charge in [-0.3, -0.25) is 4.79 Å². The number of nitrogens with zero attached hydrogens (tertiary/aromatic N) is 6. The van der Waals surface area contributed by atoms with E-state index in [1.165, 1.54) is 0 Å². The molecule has 164 valence electrons. The van der Waals surface area contributed by atoms with E-state index in [0.717, 1.165) is 41.0 Å². The van der Waals surface area contributed by atoms with Crippen LogP contribution in [-0.4, -0.2) is 70.3 Å². The fourth-order valence-electron chi connectivity index (χ4n) is 4.18. The maximum Gasteiger partial charge on any atom is 0.248 e. The number of aromatic nitrogens is 4. The highest BCUT2D eigenvalue weighted by molar-refractivity contribution is 6.33. The third kappa shape index (κ3) is 3.65. The molecule has 0 radical (unpaired) electrons. The van der Waals surface area contributed by atoms with Gasteiger partial charge in [0, 0.05) is 44.2 Å². The molecule has 3 heterocycles. The Morgan fingerprint density at radius 1 is 1.03 bits per heavy atom. The number of carbonyl (C=O) groups excluding carboxylic acids is 1. The van der Waals surface area contributed by atoms with Crippen molar-refractivity contribution in [3.63, 3.8) is 0 Å². The van der Waals surface area contributed by atoms with Crippen molar-refractivity contribution >= 4 is 40.0 Å². The second kappa shape index (κ2) is 8.72. The predicted octanol–water partition coefficient (Wildman–Crippen LogP) is 3.28. The minimum Gasteiger partial charge on any atom is -0.375 e. The second-order valence-corrected chi connectivity index (χ2v) is 8.15. The number of ether oxygens (including phenoxy) is 1. The summed E-state index contributed by atoms with van der Waals surface area (Å²) in [6.07, 6.45) is 0.828. The normalized spacial score (nSPS) is 14.8. The molecule has 8 nitrogen and oxygen atoms in total. The summed E-state index contributed by atoms with van der Waals surface area (Å²) in [6, 6.07) is 15.5. The van der Waals surface area contributed by atoms with Gasteiger partial charge in [0.1, 0.15) is 6.61 Å². The predicted molar refractivity (Wildman–Crippen MR) is 124 cm³/mol. The molecule has 1 amide bonds. The standard InChI is InChI=1S/C23H23ClN6O2/c1-32-15-20(31)28-11-6-12-29(14-13-28)23-25-19-10-5-3-8-17(19)22-27-26-21(30(22)23)16-7-2-4-9-18(16)24/h2-5,7-10H,6,11-15H2,1H3. The van der Waals surface area contributed by atoms with Gasteiger partial charge in [-0.15, -0.1) is 10.2 Å². The third-order valence-electron chi connectivity index (χ3n) is 5.74. The van der Waals surface area contributed by atoms with E-state index in [9.17, 15) is 4.79 Å². The molecule has 32 heavy (non-hydrogen) atoms. The Kier molecular flexibility index (Phi) is 5.63. The quantitative estimate of drug-likeness (QED) is 0.475. The molecule has 0 aliphatic carbocycles. The number of anilines is 1. The largest absolute Gasteiger partial charge is 0.375 e. The second-order valence-electron chi connectivity index (χ2n) is 7.75. The van der Waals surface area contributed by atoms with Gasteiger partial charge in [0.15, 0.2) is 11.5 Å². The lowest BCUT2D eigenvalue weighted by Crippen LogP contribution is -2.37. The van der Waals surface area contributed by atoms with Crippen LogP contribution in [-0.2, 0) is 9.53 Å². The van der Waals surface area contributed by atoms with E-state index in [0.29, 0.717) is 30.5 Å². The van der Waals surface area contributed by atoms with Gasteiger partial charge in [-0.25, -0.2) is 9.38 Å². The van der Waals surface area contributed by atoms with Gasteiger partial charge in [-0.2, -0.15) is 0 Å². The van der Waals surface area contributed by atoms with E-state index in [2.05, 4.69) is 15.1 Å². The summed E-state index contributed by atoms with van der Waals surface area (Å²) in [5, 5.41) is 10.6. The van der Waals surface area contributed by atoms with Crippen LogP contribution in [0.1, 0.15) is 6.42 Å². The number of hydrogen-bond acceptors (Lipinski definition) is 6. The van der Waals surface area contributed by atoms with Gasteiger partial charge in [-0.1, -0.05) is 35.9 Å². The molecular weight excluding hydrogens is 428 g/mol. The maximum atomic E-state index is 12.3. The summed E-state index contributed by atoms with van der Waals surface area (Å²) in [7, 11) is 1.54. The molecular formula is C23H23ClN6O2. The van der Waals surface area contributed by atoms with Crippen LogP contribution in [0.2, 0.25) is 5.02 Å². The Bertz CT molecular complexity index is 1290. The Morgan fingerprint density at radius 3 is 2.69 bits per heavy atom. The molecule has 0 atom stereocenters. The van der Waals surface area contributed by atoms with Crippen molar-refractivity contribution < 1.29 is 9.53 Å². The highest BCUT2D eigenvalue weighted by atomic mass is 35.5. The lowest BCUT2D eigenvalue weighted by Gasteiger charge is -2.24. The van der Waals surface area contributed by atoms with Crippen molar-refractivity contribution in [1.29, 1.82) is 0 Å². The summed E-state index contributed by atoms with van der Waals surface area (Å²) >= 11 is 6.51. The zero-order chi connectivity index (χ0) is 22.1. The number of para-hydroxylation sites is 1. The van der Waals surface area contributed by atoms with E-state index in [-0.39, 0.29) is 12.5 Å². The maximum absolute atomic E-state index is 12.3. The molecule has 9 heteroatoms. The van der Waals surface area contributed by atoms with Gasteiger partial charge in [0.05, 0.1) is 10.5 Å². The number of fused-ring (bicyclic) bond motifs is 3. The van der Waals surface area contributed by atoms with Crippen LogP contribution in [0.3, 0.4) is 0 Å². The third-order valence-corrected chi connectivity index (χ3v) is 6.07. The Morgan fingerprint density at radius 2 is 1.84 bits per heavy atom. The van der Waals surface area contributed by atoms with Crippen LogP contribution < -0.4 is 4.90 Å². The van der Waals surface area contributed by atoms with Crippen LogP contribution in [0.25, 0.3) is 27.9 Å². The summed E-state index contributed by atoms with van der Waals surface area (Å²) in [6.45, 7) is 2.80. The first-order valence-corrected chi connectivity index (χ1v) is 11.0. The van der Waals surface area contributed by atoms with E-state index in [4.69, 9.17) is 21.3 Å². The minimum atomic E-state index is 0.00650. The molecule has 4 aromatic rings. The van der Waals surface area contributed by atoms with Gasteiger partial charge in [-0.05, 0) is 30.7 Å². The Labute approximate surface area is 190 Å². The lowest BCUT2D eigenvalue weighted by atomic mass is 10.2. The molecule has 0 bridgehead atoms. The number of hydrogen-bond donors (Lipinski definition) is 0. The van der Waals surface area contributed by atoms with Gasteiger partial charge >= 0.3 is 0 Å². The first-order valence-electron chi connectivity index (χ1n) is 10.6. The van der Waals surface area contributed by atoms with Crippen molar-refractivity contribution in [3.05, 3.63) is 53.6 Å². The number of carbonyl (C=O) groups is 1. The number of benzene rings is 2. The molecule has 0 unspecified atom stereocenters. The zero-order valence-corrected chi connectivity index (χ0v) is 18.5. The van der Waals surface area contributed by atoms with Crippen LogP contribution in [0.4, 0.5) is 5.95 Å². The van der Waals surface area contributed by atoms with Crippen molar-refractivity contribution in [1.82, 2.24) is 24.5 Å². The molecule has 0 spiro atoms. The van der Waals surface area contributed by atoms with E-state index in [1.54, 1.807) is 7.11 Å². The summed E-state index contributed by atoms with van der Waals surface area (Å²) < 4.78 is 7.01. The molecule has 5 rings (SSSR count). The van der Waals surface area contributed by atoms with Gasteiger partial charge in [0.25, 0.3) is 0 Å². The summed E-state index contributed by atoms with van der Waals surface area (Å²) in [5.74, 6) is 1.40. The minimum absolute atomic E-state index is 0.00650. The lowest BCUT2D eigenvalue weighted by molar-refractivity contribution is -0.134. The highest BCUT2D eigenvalue weighted by Gasteiger charge is 2.24. The zero-order valence-electron chi connectivity index (χ0n) is 17.7. The number of methoxy groups -OCH3 is 1. The number of rotatable bonds is 4. The molecule has 1 aliphatic heterocycles. The van der Waals surface area contributed by atoms with Crippen LogP contribution >= 0.6 is 11.6 Å². The summed E-state index contributed by atoms with van der Waals surface area (Å²) in [5.41, 5.74) is 2.38. The number of halogens is 1. The van der Waals surface area contributed by atoms with E-state index in [1.807, 2.05) is 57.8 Å². The van der Waals surface area contributed by atoms with Crippen LogP contribution in [0.15, 0.2) is 48.5 Å². The van der Waals surface area contributed by atoms with Crippen LogP contribution in [0, 0.1) is 0 Å². The average Bonchev–Trinajstić information content (AvgIpc) is 3.10. The molecule has 1 saturated heterocycles. The van der Waals surface area contributed by atoms with Crippen molar-refractivity contribution in [3.8, 4) is 11.4 Å². The Balaban J connectivity index is 1.64. The van der Waals surface area contributed by atoms with Crippen molar-refractivity contribution in [2.75, 3.05) is 44.8 Å². The highest BCUT2D eigenvalue weighted by Crippen LogP contribution is 2.32. The smallest absolute Gasteiger partial charge is 0.248 e. The molecule has 1 aliphatic rings. The Hall–Kier alpha value is -3.23. The van der Waals surface area contributed by atoms with E-state index < -0.39 is 0 Å². The SMILES string of the molecule is COCC(=O)N1CCCN(c2nc3ccccc3c3nnc(-c4ccccc4Cl)n23)CC1. The van der Waals surface area contributed by atoms with Gasteiger partial charge < -0.3 is 14.5 Å². The van der Waals surface area contributed by atoms with Crippen molar-refractivity contribution in [2.45, 2.75) is 6.42 Å². The molecule has 2 aromatic carbocycles. The molecule has 0 saturated carbocycles. The monoisotopic (exact) mass is 450 g/mol. The number of amides is 1. The van der Waals surface area contributed by atoms with Crippen LogP contribution in [0.5, 0.6) is 0 Å². The van der Waals surface area contributed by atoms with Crippen molar-refractivity contribution in [2.24, 2.45) is 0 Å². The summed E-state index contributed by atoms with van der Waals surface area (Å²) in [4.78, 5) is 21.4.